The minimum absolute atomic E-state index is 0.00217. The molecule has 0 atom stereocenters. The second-order valence-electron chi connectivity index (χ2n) is 5.58. The number of phenols is 1. The number of hydrogen-bond acceptors (Lipinski definition) is 6. The SMILES string of the molecule is COc1c(C(=O)/C=C/C2=CC=CC(O)=CC2)c(O)c(OC)c2occc12. The minimum atomic E-state index is -0.442. The van der Waals surface area contributed by atoms with Gasteiger partial charge in [-0.15, -0.1) is 0 Å². The van der Waals surface area contributed by atoms with Gasteiger partial charge in [0.2, 0.25) is 5.75 Å². The normalized spacial score (nSPS) is 14.2. The Morgan fingerprint density at radius 3 is 2.73 bits per heavy atom. The molecule has 1 aromatic heterocycles. The van der Waals surface area contributed by atoms with Crippen LogP contribution in [0.4, 0.5) is 0 Å². The second-order valence-corrected chi connectivity index (χ2v) is 5.58. The zero-order chi connectivity index (χ0) is 18.7. The Balaban J connectivity index is 2.03. The maximum atomic E-state index is 12.7. The third kappa shape index (κ3) is 3.09. The summed E-state index contributed by atoms with van der Waals surface area (Å²) in [6, 6.07) is 1.64. The summed E-state index contributed by atoms with van der Waals surface area (Å²) in [5, 5.41) is 20.5. The zero-order valence-electron chi connectivity index (χ0n) is 14.4. The number of aromatic hydroxyl groups is 1. The first kappa shape index (κ1) is 17.4. The standard InChI is InChI=1S/C20H18O6/c1-24-18-14-10-11-26-19(14)20(25-2)17(23)16(18)15(22)9-7-12-4-3-5-13(21)8-6-12/h3-5,7-11,21,23H,6H2,1-2H3/b9-7+. The number of benzene rings is 1. The molecule has 26 heavy (non-hydrogen) atoms. The molecule has 134 valence electrons. The molecule has 2 aromatic rings. The van der Waals surface area contributed by atoms with Gasteiger partial charge in [-0.2, -0.15) is 0 Å². The molecule has 0 unspecified atom stereocenters. The first-order valence-electron chi connectivity index (χ1n) is 7.89. The van der Waals surface area contributed by atoms with Crippen molar-refractivity contribution in [3.63, 3.8) is 0 Å². The lowest BCUT2D eigenvalue weighted by Crippen LogP contribution is -2.02. The molecule has 1 aliphatic carbocycles. The lowest BCUT2D eigenvalue weighted by Gasteiger charge is -2.13. The van der Waals surface area contributed by atoms with Gasteiger partial charge >= 0.3 is 0 Å². The lowest BCUT2D eigenvalue weighted by molar-refractivity contribution is 0.104. The number of rotatable bonds is 5. The topological polar surface area (TPSA) is 89.1 Å². The highest BCUT2D eigenvalue weighted by molar-refractivity contribution is 6.13. The fraction of sp³-hybridized carbons (Fsp3) is 0.150. The van der Waals surface area contributed by atoms with Crippen molar-refractivity contribution in [2.75, 3.05) is 14.2 Å². The van der Waals surface area contributed by atoms with E-state index in [-0.39, 0.29) is 28.6 Å². The summed E-state index contributed by atoms with van der Waals surface area (Å²) in [5.41, 5.74) is 1.13. The molecule has 0 bridgehead atoms. The number of carbonyl (C=O) groups is 1. The monoisotopic (exact) mass is 354 g/mol. The maximum Gasteiger partial charge on any atom is 0.205 e. The summed E-state index contributed by atoms with van der Waals surface area (Å²) in [4.78, 5) is 12.7. The number of carbonyl (C=O) groups excluding carboxylic acids is 1. The van der Waals surface area contributed by atoms with Crippen molar-refractivity contribution < 1.29 is 28.9 Å². The molecule has 2 N–H and O–H groups in total. The van der Waals surface area contributed by atoms with E-state index in [1.165, 1.54) is 26.6 Å². The van der Waals surface area contributed by atoms with Crippen LogP contribution in [-0.4, -0.2) is 30.2 Å². The van der Waals surface area contributed by atoms with Gasteiger partial charge in [-0.1, -0.05) is 18.2 Å². The fourth-order valence-corrected chi connectivity index (χ4v) is 2.78. The number of ether oxygens (including phenoxy) is 2. The van der Waals surface area contributed by atoms with E-state index >= 15 is 0 Å². The molecule has 0 aliphatic heterocycles. The predicted molar refractivity (Wildman–Crippen MR) is 97.0 cm³/mol. The molecule has 0 amide bonds. The molecule has 3 rings (SSSR count). The van der Waals surface area contributed by atoms with Crippen LogP contribution in [0.25, 0.3) is 11.0 Å². The van der Waals surface area contributed by atoms with Crippen LogP contribution < -0.4 is 9.47 Å². The molecule has 0 saturated carbocycles. The highest BCUT2D eigenvalue weighted by Gasteiger charge is 2.26. The van der Waals surface area contributed by atoms with Crippen LogP contribution in [-0.2, 0) is 0 Å². The van der Waals surface area contributed by atoms with Crippen LogP contribution in [0.5, 0.6) is 17.2 Å². The zero-order valence-corrected chi connectivity index (χ0v) is 14.4. The molecule has 0 spiro atoms. The quantitative estimate of drug-likeness (QED) is 0.617. The van der Waals surface area contributed by atoms with Crippen LogP contribution in [0, 0.1) is 0 Å². The maximum absolute atomic E-state index is 12.7. The van der Waals surface area contributed by atoms with Crippen molar-refractivity contribution in [1.82, 2.24) is 0 Å². The average molecular weight is 354 g/mol. The predicted octanol–water partition coefficient (Wildman–Crippen LogP) is 4.22. The average Bonchev–Trinajstić information content (AvgIpc) is 3.01. The van der Waals surface area contributed by atoms with E-state index < -0.39 is 5.78 Å². The number of fused-ring (bicyclic) bond motifs is 1. The number of hydrogen-bond donors (Lipinski definition) is 2. The first-order valence-corrected chi connectivity index (χ1v) is 7.89. The van der Waals surface area contributed by atoms with Crippen molar-refractivity contribution in [3.8, 4) is 17.2 Å². The Hall–Kier alpha value is -3.41. The van der Waals surface area contributed by atoms with Crippen molar-refractivity contribution in [3.05, 3.63) is 65.7 Å². The molecule has 1 aromatic carbocycles. The van der Waals surface area contributed by atoms with Gasteiger partial charge in [-0.3, -0.25) is 4.79 Å². The van der Waals surface area contributed by atoms with Gasteiger partial charge in [0.25, 0.3) is 0 Å². The van der Waals surface area contributed by atoms with E-state index in [9.17, 15) is 15.0 Å². The largest absolute Gasteiger partial charge is 0.508 e. The van der Waals surface area contributed by atoms with E-state index in [2.05, 4.69) is 0 Å². The first-order chi connectivity index (χ1) is 12.6. The Kier molecular flexibility index (Phi) is 4.84. The van der Waals surface area contributed by atoms with Gasteiger partial charge in [-0.25, -0.2) is 0 Å². The Labute approximate surface area is 149 Å². The van der Waals surface area contributed by atoms with E-state index in [1.54, 1.807) is 36.4 Å². The molecule has 6 nitrogen and oxygen atoms in total. The summed E-state index contributed by atoms with van der Waals surface area (Å²) in [7, 11) is 2.80. The number of ketones is 1. The van der Waals surface area contributed by atoms with Crippen LogP contribution in [0.3, 0.4) is 0 Å². The lowest BCUT2D eigenvalue weighted by atomic mass is 10.0. The number of aliphatic hydroxyl groups is 1. The second kappa shape index (κ2) is 7.23. The van der Waals surface area contributed by atoms with Gasteiger partial charge in [-0.05, 0) is 36.3 Å². The van der Waals surface area contributed by atoms with E-state index in [0.717, 1.165) is 5.57 Å². The summed E-state index contributed by atoms with van der Waals surface area (Å²) in [6.07, 6.45) is 11.6. The minimum Gasteiger partial charge on any atom is -0.508 e. The molecule has 1 heterocycles. The van der Waals surface area contributed by atoms with Crippen molar-refractivity contribution >= 4 is 16.8 Å². The molecule has 0 fully saturated rings. The Morgan fingerprint density at radius 2 is 2.00 bits per heavy atom. The Morgan fingerprint density at radius 1 is 1.23 bits per heavy atom. The van der Waals surface area contributed by atoms with Gasteiger partial charge in [0, 0.05) is 0 Å². The fourth-order valence-electron chi connectivity index (χ4n) is 2.78. The van der Waals surface area contributed by atoms with Gasteiger partial charge in [0.05, 0.1) is 25.9 Å². The highest BCUT2D eigenvalue weighted by atomic mass is 16.5. The van der Waals surface area contributed by atoms with Crippen LogP contribution in [0.1, 0.15) is 16.8 Å². The van der Waals surface area contributed by atoms with Crippen LogP contribution in [0.2, 0.25) is 0 Å². The molecule has 0 radical (unpaired) electrons. The molecule has 0 saturated heterocycles. The van der Waals surface area contributed by atoms with Gasteiger partial charge < -0.3 is 24.1 Å². The van der Waals surface area contributed by atoms with Crippen molar-refractivity contribution in [2.45, 2.75) is 6.42 Å². The van der Waals surface area contributed by atoms with Crippen LogP contribution in [0.15, 0.2) is 64.5 Å². The van der Waals surface area contributed by atoms with E-state index in [0.29, 0.717) is 17.4 Å². The number of methoxy groups -OCH3 is 2. The smallest absolute Gasteiger partial charge is 0.205 e. The summed E-state index contributed by atoms with van der Waals surface area (Å²) < 4.78 is 15.9. The third-order valence-corrected chi connectivity index (χ3v) is 4.02. The van der Waals surface area contributed by atoms with Gasteiger partial charge in [0.1, 0.15) is 17.1 Å². The number of allylic oxidation sites excluding steroid dienone is 7. The molecule has 1 aliphatic rings. The summed E-state index contributed by atoms with van der Waals surface area (Å²) in [5.74, 6) is -0.316. The summed E-state index contributed by atoms with van der Waals surface area (Å²) in [6.45, 7) is 0. The third-order valence-electron chi connectivity index (χ3n) is 4.02. The Bertz CT molecular complexity index is 969. The summed E-state index contributed by atoms with van der Waals surface area (Å²) >= 11 is 0. The van der Waals surface area contributed by atoms with Crippen molar-refractivity contribution in [1.29, 1.82) is 0 Å². The number of phenolic OH excluding ortho intramolecular Hbond substituents is 1. The molecular formula is C20H18O6. The highest BCUT2D eigenvalue weighted by Crippen LogP contribution is 2.45. The van der Waals surface area contributed by atoms with Crippen LogP contribution >= 0.6 is 0 Å². The van der Waals surface area contributed by atoms with Gasteiger partial charge in [0.15, 0.2) is 17.1 Å². The molecular weight excluding hydrogens is 336 g/mol. The number of furan rings is 1. The number of aliphatic hydroxyl groups excluding tert-OH is 1. The van der Waals surface area contributed by atoms with Crippen molar-refractivity contribution in [2.24, 2.45) is 0 Å². The van der Waals surface area contributed by atoms with E-state index in [4.69, 9.17) is 13.9 Å². The molecule has 6 heteroatoms. The van der Waals surface area contributed by atoms with E-state index in [1.807, 2.05) is 0 Å².